The minimum Gasteiger partial charge on any atom is -0.0843 e. The van der Waals surface area contributed by atoms with E-state index >= 15 is 0 Å². The van der Waals surface area contributed by atoms with Crippen LogP contribution in [0.3, 0.4) is 0 Å². The monoisotopic (exact) mass is 750 g/mol. The first-order valence-electron chi connectivity index (χ1n) is 19.2. The van der Waals surface area contributed by atoms with Gasteiger partial charge in [-0.3, -0.25) is 0 Å². The molecule has 278 valence electrons. The summed E-state index contributed by atoms with van der Waals surface area (Å²) in [6, 6.07) is 44.7. The van der Waals surface area contributed by atoms with Crippen LogP contribution in [0, 0.1) is 0 Å². The van der Waals surface area contributed by atoms with Gasteiger partial charge in [-0.05, 0) is 124 Å². The predicted octanol–water partition coefficient (Wildman–Crippen LogP) is 16.5. The summed E-state index contributed by atoms with van der Waals surface area (Å²) in [6.07, 6.45) is 0. The van der Waals surface area contributed by atoms with Gasteiger partial charge >= 0.3 is 0 Å². The van der Waals surface area contributed by atoms with Crippen LogP contribution in [0.25, 0.3) is 55.6 Å². The average molecular weight is 752 g/mol. The van der Waals surface area contributed by atoms with Crippen molar-refractivity contribution in [2.45, 2.75) is 105 Å². The van der Waals surface area contributed by atoms with Gasteiger partial charge in [0.25, 0.3) is 0 Å². The van der Waals surface area contributed by atoms with Crippen molar-refractivity contribution in [3.63, 3.8) is 0 Å². The third-order valence-corrected chi connectivity index (χ3v) is 11.1. The molecule has 0 spiro atoms. The van der Waals surface area contributed by atoms with Crippen LogP contribution in [0.1, 0.15) is 105 Å². The summed E-state index contributed by atoms with van der Waals surface area (Å²) in [5, 5.41) is 1.40. The molecule has 0 saturated carbocycles. The predicted molar refractivity (Wildman–Crippen MR) is 238 cm³/mol. The lowest BCUT2D eigenvalue weighted by Crippen LogP contribution is -2.10. The van der Waals surface area contributed by atoms with Crippen LogP contribution < -0.4 is 0 Å². The molecule has 0 nitrogen and oxygen atoms in total. The molecule has 0 N–H and O–H groups in total. The summed E-state index contributed by atoms with van der Waals surface area (Å²) in [4.78, 5) is 0. The molecule has 0 aliphatic rings. The van der Waals surface area contributed by atoms with Gasteiger partial charge in [0, 0.05) is 10.0 Å². The van der Waals surface area contributed by atoms with Crippen LogP contribution in [0.2, 0.25) is 10.0 Å². The fourth-order valence-corrected chi connectivity index (χ4v) is 7.70. The van der Waals surface area contributed by atoms with Crippen molar-refractivity contribution in [1.82, 2.24) is 0 Å². The molecule has 0 unspecified atom stereocenters. The first-order valence-corrected chi connectivity index (χ1v) is 20.0. The SMILES string of the molecule is CC(C)(C)c1ccc(-c2cc(Cl)cc(-c3ccc(C(C)(C)C)cc3)c2-c2c(-c3ccc(C(C)(C)C)cc3)cc(Cl)cc2-c2ccc(C(C)(C)C)cc2)cc1. The molecule has 0 heterocycles. The summed E-state index contributed by atoms with van der Waals surface area (Å²) in [5.41, 5.74) is 16.4. The van der Waals surface area contributed by atoms with E-state index in [1.807, 2.05) is 0 Å². The topological polar surface area (TPSA) is 0 Å². The smallest absolute Gasteiger partial charge is 0.0418 e. The summed E-state index contributed by atoms with van der Waals surface area (Å²) in [7, 11) is 0. The summed E-state index contributed by atoms with van der Waals surface area (Å²) in [6.45, 7) is 27.1. The van der Waals surface area contributed by atoms with Crippen LogP contribution in [-0.2, 0) is 21.7 Å². The fourth-order valence-electron chi connectivity index (χ4n) is 7.26. The van der Waals surface area contributed by atoms with Crippen LogP contribution >= 0.6 is 23.2 Å². The van der Waals surface area contributed by atoms with Crippen molar-refractivity contribution in [2.75, 3.05) is 0 Å². The Balaban J connectivity index is 1.76. The highest BCUT2D eigenvalue weighted by molar-refractivity contribution is 6.32. The van der Waals surface area contributed by atoms with Gasteiger partial charge in [-0.15, -0.1) is 0 Å². The lowest BCUT2D eigenvalue weighted by Gasteiger charge is -2.25. The summed E-state index contributed by atoms with van der Waals surface area (Å²) >= 11 is 14.3. The fraction of sp³-hybridized carbons (Fsp3) is 0.308. The highest BCUT2D eigenvalue weighted by Crippen LogP contribution is 2.51. The van der Waals surface area contributed by atoms with Gasteiger partial charge in [-0.25, -0.2) is 0 Å². The van der Waals surface area contributed by atoms with Crippen LogP contribution in [0.4, 0.5) is 0 Å². The van der Waals surface area contributed by atoms with Crippen molar-refractivity contribution in [3.8, 4) is 55.6 Å². The lowest BCUT2D eigenvalue weighted by atomic mass is 9.79. The second-order valence-corrected chi connectivity index (χ2v) is 19.9. The lowest BCUT2D eigenvalue weighted by molar-refractivity contribution is 0.590. The Morgan fingerprint density at radius 3 is 0.593 bits per heavy atom. The number of benzene rings is 6. The second-order valence-electron chi connectivity index (χ2n) is 19.1. The molecule has 6 aromatic rings. The zero-order valence-electron chi connectivity index (χ0n) is 34.3. The van der Waals surface area contributed by atoms with Gasteiger partial charge in [0.05, 0.1) is 0 Å². The molecule has 0 saturated heterocycles. The zero-order valence-corrected chi connectivity index (χ0v) is 35.8. The third kappa shape index (κ3) is 8.41. The molecule has 6 aromatic carbocycles. The molecule has 0 fully saturated rings. The van der Waals surface area contributed by atoms with Crippen LogP contribution in [0.5, 0.6) is 0 Å². The molecule has 54 heavy (non-hydrogen) atoms. The molecule has 6 rings (SSSR count). The van der Waals surface area contributed by atoms with Gasteiger partial charge in [0.1, 0.15) is 0 Å². The third-order valence-electron chi connectivity index (χ3n) is 10.7. The first-order chi connectivity index (χ1) is 25.1. The van der Waals surface area contributed by atoms with Crippen molar-refractivity contribution in [1.29, 1.82) is 0 Å². The normalized spacial score (nSPS) is 12.6. The largest absolute Gasteiger partial charge is 0.0843 e. The maximum absolute atomic E-state index is 7.15. The maximum Gasteiger partial charge on any atom is 0.0418 e. The van der Waals surface area contributed by atoms with E-state index in [1.165, 1.54) is 22.3 Å². The standard InChI is InChI=1S/C52H56Cl2/c1-49(2,3)37-21-13-33(14-22-37)43-29-41(53)30-44(34-15-23-38(24-16-34)50(4,5)6)47(43)48-45(35-17-25-39(26-18-35)51(7,8)9)31-42(54)32-46(48)36-19-27-40(28-20-36)52(10,11)12/h13-32H,1-12H3. The van der Waals surface area contributed by atoms with Gasteiger partial charge in [-0.2, -0.15) is 0 Å². The molecule has 0 atom stereocenters. The molecular formula is C52H56Cl2. The maximum atomic E-state index is 7.15. The highest BCUT2D eigenvalue weighted by atomic mass is 35.5. The van der Waals surface area contributed by atoms with E-state index in [0.717, 1.165) is 55.6 Å². The Kier molecular flexibility index (Phi) is 10.6. The Morgan fingerprint density at radius 1 is 0.278 bits per heavy atom. The number of rotatable bonds is 5. The van der Waals surface area contributed by atoms with Crippen molar-refractivity contribution in [3.05, 3.63) is 154 Å². The van der Waals surface area contributed by atoms with Crippen LogP contribution in [0.15, 0.2) is 121 Å². The molecule has 0 radical (unpaired) electrons. The molecule has 0 bridgehead atoms. The van der Waals surface area contributed by atoms with Crippen molar-refractivity contribution < 1.29 is 0 Å². The number of halogens is 2. The Bertz CT molecular complexity index is 1930. The van der Waals surface area contributed by atoms with Crippen molar-refractivity contribution in [2.24, 2.45) is 0 Å². The first kappa shape index (κ1) is 39.6. The van der Waals surface area contributed by atoms with E-state index in [-0.39, 0.29) is 21.7 Å². The van der Waals surface area contributed by atoms with E-state index in [1.54, 1.807) is 0 Å². The summed E-state index contributed by atoms with van der Waals surface area (Å²) in [5.74, 6) is 0. The molecule has 0 amide bonds. The molecule has 0 aliphatic carbocycles. The second kappa shape index (κ2) is 14.5. The molecular weight excluding hydrogens is 695 g/mol. The van der Waals surface area contributed by atoms with Gasteiger partial charge in [0.2, 0.25) is 0 Å². The summed E-state index contributed by atoms with van der Waals surface area (Å²) < 4.78 is 0. The molecule has 2 heteroatoms. The minimum absolute atomic E-state index is 0.0323. The Labute approximate surface area is 335 Å². The Hall–Kier alpha value is -4.10. The average Bonchev–Trinajstić information content (AvgIpc) is 3.10. The van der Waals surface area contributed by atoms with E-state index in [0.29, 0.717) is 10.0 Å². The number of hydrogen-bond donors (Lipinski definition) is 0. The van der Waals surface area contributed by atoms with Crippen molar-refractivity contribution >= 4 is 23.2 Å². The van der Waals surface area contributed by atoms with Gasteiger partial charge in [0.15, 0.2) is 0 Å². The molecule has 0 aromatic heterocycles. The minimum atomic E-state index is 0.0323. The van der Waals surface area contributed by atoms with E-state index in [4.69, 9.17) is 23.2 Å². The quantitative estimate of drug-likeness (QED) is 0.165. The number of hydrogen-bond acceptors (Lipinski definition) is 0. The Morgan fingerprint density at radius 2 is 0.444 bits per heavy atom. The van der Waals surface area contributed by atoms with E-state index in [9.17, 15) is 0 Å². The molecule has 0 aliphatic heterocycles. The van der Waals surface area contributed by atoms with E-state index < -0.39 is 0 Å². The van der Waals surface area contributed by atoms with Gasteiger partial charge < -0.3 is 0 Å². The van der Waals surface area contributed by atoms with Gasteiger partial charge in [-0.1, -0.05) is 203 Å². The zero-order chi connectivity index (χ0) is 39.4. The van der Waals surface area contributed by atoms with E-state index in [2.05, 4.69) is 204 Å². The highest BCUT2D eigenvalue weighted by Gasteiger charge is 2.26. The van der Waals surface area contributed by atoms with Crippen LogP contribution in [-0.4, -0.2) is 0 Å².